The number of aryl methyl sites for hydroxylation is 2. The van der Waals surface area contributed by atoms with E-state index in [1.165, 1.54) is 11.3 Å². The number of H-pyrrole nitrogens is 1. The number of hydrogen-bond acceptors (Lipinski definition) is 7. The van der Waals surface area contributed by atoms with E-state index >= 15 is 0 Å². The normalized spacial score (nSPS) is 12.2. The number of nitrogens with one attached hydrogen (secondary N) is 1. The van der Waals surface area contributed by atoms with Crippen molar-refractivity contribution >= 4 is 27.5 Å². The predicted octanol–water partition coefficient (Wildman–Crippen LogP) is 3.31. The Morgan fingerprint density at radius 3 is 2.88 bits per heavy atom. The largest absolute Gasteiger partial charge is 0.477 e. The number of aromatic amines is 1. The highest BCUT2D eigenvalue weighted by Crippen LogP contribution is 2.27. The van der Waals surface area contributed by atoms with Gasteiger partial charge in [-0.05, 0) is 45.4 Å². The fourth-order valence-corrected chi connectivity index (χ4v) is 3.58. The summed E-state index contributed by atoms with van der Waals surface area (Å²) in [5, 5.41) is 0.584. The molecule has 0 aliphatic carbocycles. The Hall–Kier alpha value is -2.74. The lowest BCUT2D eigenvalue weighted by molar-refractivity contribution is 0.0315. The van der Waals surface area contributed by atoms with Gasteiger partial charge in [0.05, 0.1) is 12.0 Å². The molecule has 136 valence electrons. The number of carbonyl (C=O) groups is 1. The van der Waals surface area contributed by atoms with Crippen LogP contribution < -0.4 is 10.3 Å². The number of thiophene rings is 1. The van der Waals surface area contributed by atoms with Crippen LogP contribution in [0.1, 0.15) is 46.6 Å². The summed E-state index contributed by atoms with van der Waals surface area (Å²) in [6.07, 6.45) is 0.816. The van der Waals surface area contributed by atoms with E-state index < -0.39 is 12.1 Å². The van der Waals surface area contributed by atoms with Crippen molar-refractivity contribution in [3.63, 3.8) is 0 Å². The van der Waals surface area contributed by atoms with E-state index in [0.717, 1.165) is 10.4 Å². The van der Waals surface area contributed by atoms with Crippen molar-refractivity contribution in [1.82, 2.24) is 15.0 Å². The minimum Gasteiger partial charge on any atom is -0.477 e. The topological polar surface area (TPSA) is 94.2 Å². The van der Waals surface area contributed by atoms with Crippen molar-refractivity contribution in [3.05, 3.63) is 50.5 Å². The number of fused-ring (bicyclic) bond motifs is 1. The summed E-state index contributed by atoms with van der Waals surface area (Å²) < 4.78 is 10.8. The number of nitrogens with zero attached hydrogens (tertiary/aromatic N) is 2. The van der Waals surface area contributed by atoms with Crippen LogP contribution in [-0.2, 0) is 4.74 Å². The molecule has 0 aromatic carbocycles. The van der Waals surface area contributed by atoms with Gasteiger partial charge in [-0.3, -0.25) is 4.79 Å². The number of ether oxygens (including phenoxy) is 2. The molecule has 3 aromatic rings. The maximum absolute atomic E-state index is 12.5. The fourth-order valence-electron chi connectivity index (χ4n) is 2.54. The van der Waals surface area contributed by atoms with E-state index in [1.54, 1.807) is 32.2 Å². The van der Waals surface area contributed by atoms with Crippen LogP contribution in [0.5, 0.6) is 5.88 Å². The summed E-state index contributed by atoms with van der Waals surface area (Å²) in [6, 6.07) is 3.21. The Kier molecular flexibility index (Phi) is 5.03. The zero-order valence-corrected chi connectivity index (χ0v) is 15.8. The van der Waals surface area contributed by atoms with Crippen molar-refractivity contribution in [2.45, 2.75) is 33.8 Å². The third kappa shape index (κ3) is 3.32. The minimum absolute atomic E-state index is 0.216. The molecule has 1 unspecified atom stereocenters. The molecular weight excluding hydrogens is 354 g/mol. The first-order valence-corrected chi connectivity index (χ1v) is 9.02. The predicted molar refractivity (Wildman–Crippen MR) is 99.0 cm³/mol. The number of pyridine rings is 1. The van der Waals surface area contributed by atoms with Gasteiger partial charge in [0.25, 0.3) is 5.56 Å². The Morgan fingerprint density at radius 2 is 2.15 bits per heavy atom. The van der Waals surface area contributed by atoms with Crippen molar-refractivity contribution in [1.29, 1.82) is 0 Å². The molecule has 0 saturated heterocycles. The van der Waals surface area contributed by atoms with Crippen molar-refractivity contribution in [2.24, 2.45) is 0 Å². The molecule has 0 saturated carbocycles. The molecule has 0 spiro atoms. The number of esters is 1. The van der Waals surface area contributed by atoms with Gasteiger partial charge in [-0.15, -0.1) is 11.3 Å². The molecule has 0 aliphatic rings. The van der Waals surface area contributed by atoms with Crippen LogP contribution in [0.3, 0.4) is 0 Å². The second-order valence-corrected chi connectivity index (χ2v) is 6.95. The van der Waals surface area contributed by atoms with Crippen molar-refractivity contribution < 1.29 is 14.3 Å². The van der Waals surface area contributed by atoms with Crippen molar-refractivity contribution in [3.8, 4) is 5.88 Å². The Balaban J connectivity index is 1.89. The van der Waals surface area contributed by atoms with Crippen LogP contribution in [0.2, 0.25) is 0 Å². The van der Waals surface area contributed by atoms with Gasteiger partial charge in [0.15, 0.2) is 11.9 Å². The molecule has 3 aromatic heterocycles. The number of carbonyl (C=O) groups excluding carboxylic acids is 1. The summed E-state index contributed by atoms with van der Waals surface area (Å²) >= 11 is 1.45. The minimum atomic E-state index is -0.725. The maximum atomic E-state index is 12.5. The molecule has 26 heavy (non-hydrogen) atoms. The Bertz CT molecular complexity index is 1020. The van der Waals surface area contributed by atoms with Gasteiger partial charge in [-0.1, -0.05) is 0 Å². The van der Waals surface area contributed by atoms with Crippen LogP contribution in [0.4, 0.5) is 0 Å². The molecule has 0 bridgehead atoms. The quantitative estimate of drug-likeness (QED) is 0.690. The van der Waals surface area contributed by atoms with Gasteiger partial charge in [0.2, 0.25) is 5.88 Å². The lowest BCUT2D eigenvalue weighted by Crippen LogP contribution is -2.18. The van der Waals surface area contributed by atoms with Crippen LogP contribution in [0.15, 0.2) is 23.1 Å². The van der Waals surface area contributed by atoms with Crippen LogP contribution in [0, 0.1) is 13.8 Å². The first-order valence-electron chi connectivity index (χ1n) is 8.21. The molecule has 3 rings (SSSR count). The first-order chi connectivity index (χ1) is 12.4. The Morgan fingerprint density at radius 1 is 1.38 bits per heavy atom. The Labute approximate surface area is 154 Å². The lowest BCUT2D eigenvalue weighted by Gasteiger charge is -2.14. The zero-order chi connectivity index (χ0) is 18.8. The summed E-state index contributed by atoms with van der Waals surface area (Å²) in [6.45, 7) is 7.69. The van der Waals surface area contributed by atoms with E-state index in [4.69, 9.17) is 9.47 Å². The molecule has 7 nitrogen and oxygen atoms in total. The molecule has 0 fully saturated rings. The van der Waals surface area contributed by atoms with Crippen LogP contribution >= 0.6 is 11.3 Å². The van der Waals surface area contributed by atoms with E-state index in [0.29, 0.717) is 22.6 Å². The lowest BCUT2D eigenvalue weighted by atomic mass is 10.2. The molecule has 0 radical (unpaired) electrons. The van der Waals surface area contributed by atoms with Crippen LogP contribution in [-0.4, -0.2) is 27.5 Å². The first kappa shape index (κ1) is 18.1. The molecule has 0 aliphatic heterocycles. The number of rotatable bonds is 5. The second kappa shape index (κ2) is 7.25. The van der Waals surface area contributed by atoms with E-state index in [-0.39, 0.29) is 17.0 Å². The number of hydrogen-bond donors (Lipinski definition) is 1. The standard InChI is InChI=1S/C18H19N3O4S/c1-5-24-16-12(7-6-8-19-16)18(23)25-10(3)14-20-15(22)13-9(2)11(4)26-17(13)21-14/h6-8,10H,5H2,1-4H3,(H,20,21,22). The third-order valence-corrected chi connectivity index (χ3v) is 5.10. The summed E-state index contributed by atoms with van der Waals surface area (Å²) in [4.78, 5) is 37.7. The molecule has 1 N–H and O–H groups in total. The van der Waals surface area contributed by atoms with Gasteiger partial charge < -0.3 is 14.5 Å². The summed E-state index contributed by atoms with van der Waals surface area (Å²) in [7, 11) is 0. The fraction of sp³-hybridized carbons (Fsp3) is 0.333. The van der Waals surface area contributed by atoms with E-state index in [1.807, 2.05) is 13.8 Å². The highest BCUT2D eigenvalue weighted by atomic mass is 32.1. The molecule has 3 heterocycles. The summed E-state index contributed by atoms with van der Waals surface area (Å²) in [5.74, 6) is -0.0668. The average molecular weight is 373 g/mol. The number of aromatic nitrogens is 3. The average Bonchev–Trinajstić information content (AvgIpc) is 2.90. The smallest absolute Gasteiger partial charge is 0.344 e. The molecule has 8 heteroatoms. The van der Waals surface area contributed by atoms with Gasteiger partial charge >= 0.3 is 5.97 Å². The van der Waals surface area contributed by atoms with Gasteiger partial charge in [0, 0.05) is 11.1 Å². The molecule has 0 amide bonds. The van der Waals surface area contributed by atoms with Gasteiger partial charge in [0.1, 0.15) is 10.4 Å². The van der Waals surface area contributed by atoms with Crippen LogP contribution in [0.25, 0.3) is 10.2 Å². The second-order valence-electron chi connectivity index (χ2n) is 5.75. The van der Waals surface area contributed by atoms with Crippen molar-refractivity contribution in [2.75, 3.05) is 6.61 Å². The monoisotopic (exact) mass is 373 g/mol. The molecular formula is C18H19N3O4S. The zero-order valence-electron chi connectivity index (χ0n) is 15.0. The van der Waals surface area contributed by atoms with E-state index in [2.05, 4.69) is 15.0 Å². The van der Waals surface area contributed by atoms with Gasteiger partial charge in [-0.2, -0.15) is 0 Å². The van der Waals surface area contributed by atoms with E-state index in [9.17, 15) is 9.59 Å². The third-order valence-electron chi connectivity index (χ3n) is 4.00. The summed E-state index contributed by atoms with van der Waals surface area (Å²) in [5.41, 5.74) is 0.922. The SMILES string of the molecule is CCOc1ncccc1C(=O)OC(C)c1nc2sc(C)c(C)c2c(=O)[nH]1. The maximum Gasteiger partial charge on any atom is 0.344 e. The van der Waals surface area contributed by atoms with Gasteiger partial charge in [-0.25, -0.2) is 14.8 Å². The molecule has 1 atom stereocenters. The highest BCUT2D eigenvalue weighted by molar-refractivity contribution is 7.18. The highest BCUT2D eigenvalue weighted by Gasteiger charge is 2.21.